The summed E-state index contributed by atoms with van der Waals surface area (Å²) >= 11 is 1.56. The third-order valence-electron chi connectivity index (χ3n) is 7.66. The molecule has 0 aliphatic carbocycles. The molecule has 212 valence electrons. The molecule has 0 atom stereocenters. The fourth-order valence-electron chi connectivity index (χ4n) is 5.63. The molecular weight excluding hydrogens is 518 g/mol. The van der Waals surface area contributed by atoms with Gasteiger partial charge in [0.05, 0.1) is 12.1 Å². The second kappa shape index (κ2) is 13.5. The maximum atomic E-state index is 12.1. The van der Waals surface area contributed by atoms with Gasteiger partial charge in [0.25, 0.3) is 0 Å². The van der Waals surface area contributed by atoms with E-state index >= 15 is 0 Å². The molecular formula is C32H41N5O2S. The number of anilines is 1. The van der Waals surface area contributed by atoms with Crippen molar-refractivity contribution >= 4 is 29.2 Å². The number of ether oxygens (including phenoxy) is 1. The van der Waals surface area contributed by atoms with E-state index in [2.05, 4.69) is 32.8 Å². The van der Waals surface area contributed by atoms with Gasteiger partial charge in [0.1, 0.15) is 22.5 Å². The Morgan fingerprint density at radius 1 is 1.15 bits per heavy atom. The number of esters is 1. The summed E-state index contributed by atoms with van der Waals surface area (Å²) in [4.78, 5) is 25.8. The summed E-state index contributed by atoms with van der Waals surface area (Å²) in [6, 6.07) is 11.2. The van der Waals surface area contributed by atoms with Crippen LogP contribution in [0.2, 0.25) is 0 Å². The van der Waals surface area contributed by atoms with Crippen molar-refractivity contribution in [3.05, 3.63) is 57.9 Å². The highest BCUT2D eigenvalue weighted by molar-refractivity contribution is 7.98. The molecule has 2 aliphatic heterocycles. The normalized spacial score (nSPS) is 16.5. The topological polar surface area (TPSA) is 73.8 Å². The lowest BCUT2D eigenvalue weighted by molar-refractivity contribution is -0.154. The maximum Gasteiger partial charge on any atom is 0.306 e. The summed E-state index contributed by atoms with van der Waals surface area (Å²) in [5.41, 5.74) is 3.62. The van der Waals surface area contributed by atoms with Crippen molar-refractivity contribution in [2.45, 2.75) is 95.1 Å². The summed E-state index contributed by atoms with van der Waals surface area (Å²) < 4.78 is 5.41. The molecule has 8 heteroatoms. The zero-order chi connectivity index (χ0) is 28.7. The molecule has 0 amide bonds. The van der Waals surface area contributed by atoms with Gasteiger partial charge in [0.2, 0.25) is 5.69 Å². The minimum Gasteiger partial charge on any atom is -0.460 e. The van der Waals surface area contributed by atoms with Gasteiger partial charge in [0.15, 0.2) is 0 Å². The molecule has 0 saturated carbocycles. The highest BCUT2D eigenvalue weighted by atomic mass is 32.2. The Bertz CT molecular complexity index is 1260. The van der Waals surface area contributed by atoms with Crippen molar-refractivity contribution in [3.63, 3.8) is 0 Å². The molecule has 0 radical (unpaired) electrons. The van der Waals surface area contributed by atoms with E-state index in [4.69, 9.17) is 16.3 Å². The number of carbonyl (C=O) groups excluding carboxylic acids is 1. The number of carbonyl (C=O) groups is 1. The van der Waals surface area contributed by atoms with Crippen molar-refractivity contribution in [3.8, 4) is 6.07 Å². The van der Waals surface area contributed by atoms with E-state index in [-0.39, 0.29) is 5.97 Å². The van der Waals surface area contributed by atoms with E-state index in [1.807, 2.05) is 39.8 Å². The van der Waals surface area contributed by atoms with E-state index in [0.29, 0.717) is 47.3 Å². The van der Waals surface area contributed by atoms with Crippen molar-refractivity contribution < 1.29 is 9.53 Å². The molecule has 1 aromatic heterocycles. The molecule has 0 N–H and O–H groups in total. The van der Waals surface area contributed by atoms with Gasteiger partial charge in [-0.25, -0.2) is 9.83 Å². The molecule has 2 aliphatic rings. The first-order chi connectivity index (χ1) is 19.2. The minimum absolute atomic E-state index is 0.187. The number of nitrogens with zero attached hydrogens (tertiary/aromatic N) is 5. The lowest BCUT2D eigenvalue weighted by Gasteiger charge is -2.38. The van der Waals surface area contributed by atoms with Crippen LogP contribution >= 0.6 is 11.8 Å². The molecule has 0 bridgehead atoms. The van der Waals surface area contributed by atoms with Crippen LogP contribution in [0, 0.1) is 17.9 Å². The monoisotopic (exact) mass is 559 g/mol. The number of rotatable bonds is 9. The first-order valence-corrected chi connectivity index (χ1v) is 15.5. The van der Waals surface area contributed by atoms with Gasteiger partial charge in [0, 0.05) is 31.3 Å². The number of aryl methyl sites for hydroxylation is 1. The zero-order valence-corrected chi connectivity index (χ0v) is 25.1. The summed E-state index contributed by atoms with van der Waals surface area (Å²) in [5.74, 6) is 1.23. The van der Waals surface area contributed by atoms with Gasteiger partial charge in [-0.05, 0) is 89.1 Å². The van der Waals surface area contributed by atoms with Gasteiger partial charge in [-0.3, -0.25) is 4.79 Å². The quantitative estimate of drug-likeness (QED) is 0.192. The van der Waals surface area contributed by atoms with Gasteiger partial charge in [-0.2, -0.15) is 5.26 Å². The Labute approximate surface area is 243 Å². The number of likely N-dealkylation sites (tertiary alicyclic amines) is 1. The lowest BCUT2D eigenvalue weighted by atomic mass is 10.0. The summed E-state index contributed by atoms with van der Waals surface area (Å²) in [6.45, 7) is 19.8. The van der Waals surface area contributed by atoms with E-state index in [1.54, 1.807) is 11.8 Å². The second-order valence-corrected chi connectivity index (χ2v) is 12.6. The fraction of sp³-hybridized carbons (Fsp3) is 0.562. The standard InChI is InChI=1S/C32H41N5O2S/c1-6-26-27(21-33)31(40-22-24-11-9-23(10-12-24)13-14-28(38)39-32(2,3)4)35-30(29(26)34-5)37-19-15-25(16-20-37)36-17-7-8-18-36/h9-12,25H,6-8,13-20,22H2,1-4H3. The van der Waals surface area contributed by atoms with E-state index in [0.717, 1.165) is 48.4 Å². The Kier molecular flexibility index (Phi) is 10.1. The molecule has 4 rings (SSSR count). The zero-order valence-electron chi connectivity index (χ0n) is 24.3. The van der Waals surface area contributed by atoms with Crippen molar-refractivity contribution in [1.82, 2.24) is 9.88 Å². The third kappa shape index (κ3) is 7.56. The number of thioether (sulfide) groups is 1. The molecule has 0 unspecified atom stereocenters. The highest BCUT2D eigenvalue weighted by Crippen LogP contribution is 2.40. The van der Waals surface area contributed by atoms with E-state index in [1.165, 1.54) is 25.9 Å². The summed E-state index contributed by atoms with van der Waals surface area (Å²) in [7, 11) is 0. The number of benzene rings is 1. The third-order valence-corrected chi connectivity index (χ3v) is 8.70. The van der Waals surface area contributed by atoms with Crippen LogP contribution in [0.1, 0.15) is 82.1 Å². The van der Waals surface area contributed by atoms with Crippen LogP contribution in [-0.4, -0.2) is 53.7 Å². The van der Waals surface area contributed by atoms with Crippen molar-refractivity contribution in [1.29, 1.82) is 5.26 Å². The van der Waals surface area contributed by atoms with Crippen LogP contribution in [0.5, 0.6) is 0 Å². The molecule has 0 spiro atoms. The average molecular weight is 560 g/mol. The highest BCUT2D eigenvalue weighted by Gasteiger charge is 2.29. The predicted molar refractivity (Wildman–Crippen MR) is 161 cm³/mol. The number of aromatic nitrogens is 1. The van der Waals surface area contributed by atoms with Crippen LogP contribution < -0.4 is 4.90 Å². The first kappa shape index (κ1) is 29.9. The molecule has 1 aromatic carbocycles. The molecule has 2 saturated heterocycles. The Hall–Kier alpha value is -3.07. The largest absolute Gasteiger partial charge is 0.460 e. The van der Waals surface area contributed by atoms with Crippen molar-refractivity contribution in [2.24, 2.45) is 0 Å². The average Bonchev–Trinajstić information content (AvgIpc) is 3.49. The minimum atomic E-state index is -0.469. The van der Waals surface area contributed by atoms with Crippen LogP contribution in [0.25, 0.3) is 4.85 Å². The maximum absolute atomic E-state index is 12.1. The van der Waals surface area contributed by atoms with E-state index < -0.39 is 5.60 Å². The molecule has 2 fully saturated rings. The fourth-order valence-corrected chi connectivity index (χ4v) is 6.59. The number of piperidine rings is 1. The SMILES string of the molecule is [C-]#[N+]c1c(N2CCC(N3CCCC3)CC2)nc(SCc2ccc(CCC(=O)OC(C)(C)C)cc2)c(C#N)c1CC. The second-order valence-electron chi connectivity index (χ2n) is 11.7. The number of hydrogen-bond acceptors (Lipinski definition) is 7. The van der Waals surface area contributed by atoms with Crippen molar-refractivity contribution in [2.75, 3.05) is 31.1 Å². The smallest absolute Gasteiger partial charge is 0.306 e. The van der Waals surface area contributed by atoms with Gasteiger partial charge in [-0.1, -0.05) is 31.2 Å². The number of hydrogen-bond donors (Lipinski definition) is 0. The van der Waals surface area contributed by atoms with E-state index in [9.17, 15) is 10.1 Å². The predicted octanol–water partition coefficient (Wildman–Crippen LogP) is 6.70. The van der Waals surface area contributed by atoms with Crippen LogP contribution in [0.15, 0.2) is 29.3 Å². The van der Waals surface area contributed by atoms with Crippen LogP contribution in [0.4, 0.5) is 11.5 Å². The summed E-state index contributed by atoms with van der Waals surface area (Å²) in [6.07, 6.45) is 6.39. The molecule has 2 aromatic rings. The van der Waals surface area contributed by atoms with Gasteiger partial charge >= 0.3 is 5.97 Å². The Morgan fingerprint density at radius 2 is 1.80 bits per heavy atom. The molecule has 3 heterocycles. The first-order valence-electron chi connectivity index (χ1n) is 14.5. The van der Waals surface area contributed by atoms with Gasteiger partial charge in [-0.15, -0.1) is 11.8 Å². The van der Waals surface area contributed by atoms with Crippen LogP contribution in [0.3, 0.4) is 0 Å². The summed E-state index contributed by atoms with van der Waals surface area (Å²) in [5, 5.41) is 10.8. The molecule has 40 heavy (non-hydrogen) atoms. The van der Waals surface area contributed by atoms with Crippen LogP contribution in [-0.2, 0) is 28.1 Å². The Balaban J connectivity index is 1.45. The molecule has 7 nitrogen and oxygen atoms in total. The Morgan fingerprint density at radius 3 is 2.38 bits per heavy atom. The van der Waals surface area contributed by atoms with Gasteiger partial charge < -0.3 is 14.5 Å². The lowest BCUT2D eigenvalue weighted by Crippen LogP contribution is -2.44. The number of pyridine rings is 1. The number of nitriles is 1.